The molecular weight excluding hydrogens is 428 g/mol. The lowest BCUT2D eigenvalue weighted by Gasteiger charge is -2.24. The fourth-order valence-corrected chi connectivity index (χ4v) is 4.40. The molecule has 7 nitrogen and oxygen atoms in total. The number of nitrogens with one attached hydrogen (secondary N) is 1. The quantitative estimate of drug-likeness (QED) is 0.440. The first-order valence-electron chi connectivity index (χ1n) is 11.7. The highest BCUT2D eigenvalue weighted by atomic mass is 16.6. The van der Waals surface area contributed by atoms with Crippen molar-refractivity contribution >= 4 is 6.09 Å². The van der Waals surface area contributed by atoms with Crippen molar-refractivity contribution in [2.75, 3.05) is 0 Å². The van der Waals surface area contributed by atoms with E-state index in [1.165, 1.54) is 6.33 Å². The second kappa shape index (κ2) is 10.7. The number of nitrogens with zero attached hydrogens (tertiary/aromatic N) is 3. The molecule has 3 unspecified atom stereocenters. The molecule has 1 amide bonds. The summed E-state index contributed by atoms with van der Waals surface area (Å²) in [7, 11) is 0. The Hall–Kier alpha value is -3.40. The van der Waals surface area contributed by atoms with E-state index in [1.54, 1.807) is 18.2 Å². The van der Waals surface area contributed by atoms with Gasteiger partial charge in [0.1, 0.15) is 23.7 Å². The van der Waals surface area contributed by atoms with Gasteiger partial charge in [-0.3, -0.25) is 0 Å². The number of hydrogen-bond donors (Lipinski definition) is 1. The minimum Gasteiger partial charge on any atom is -0.444 e. The van der Waals surface area contributed by atoms with Gasteiger partial charge in [-0.05, 0) is 77.3 Å². The van der Waals surface area contributed by atoms with Crippen LogP contribution < -0.4 is 10.1 Å². The van der Waals surface area contributed by atoms with Crippen LogP contribution in [0.1, 0.15) is 63.8 Å². The molecule has 180 valence electrons. The summed E-state index contributed by atoms with van der Waals surface area (Å²) < 4.78 is 11.4. The second-order valence-corrected chi connectivity index (χ2v) is 10.2. The molecule has 1 fully saturated rings. The molecule has 3 atom stereocenters. The molecule has 34 heavy (non-hydrogen) atoms. The molecule has 0 bridgehead atoms. The van der Waals surface area contributed by atoms with E-state index in [4.69, 9.17) is 9.47 Å². The number of alkyl carbamates (subject to hydrolysis) is 1. The Morgan fingerprint density at radius 1 is 1.26 bits per heavy atom. The highest BCUT2D eigenvalue weighted by Crippen LogP contribution is 2.34. The van der Waals surface area contributed by atoms with E-state index in [2.05, 4.69) is 34.9 Å². The summed E-state index contributed by atoms with van der Waals surface area (Å²) in [5.74, 6) is 1.67. The van der Waals surface area contributed by atoms with E-state index in [0.717, 1.165) is 42.5 Å². The van der Waals surface area contributed by atoms with E-state index >= 15 is 0 Å². The van der Waals surface area contributed by atoms with Crippen LogP contribution in [0, 0.1) is 30.1 Å². The minimum absolute atomic E-state index is 0.109. The molecular formula is C27H34N4O3. The average Bonchev–Trinajstić information content (AvgIpc) is 2.87. The van der Waals surface area contributed by atoms with Gasteiger partial charge in [-0.2, -0.15) is 5.26 Å². The van der Waals surface area contributed by atoms with Crippen LogP contribution in [0.3, 0.4) is 0 Å². The lowest BCUT2D eigenvalue weighted by Crippen LogP contribution is -2.40. The van der Waals surface area contributed by atoms with Crippen molar-refractivity contribution in [2.24, 2.45) is 11.8 Å². The third-order valence-corrected chi connectivity index (χ3v) is 5.95. The molecule has 1 aliphatic carbocycles. The molecule has 1 aromatic heterocycles. The van der Waals surface area contributed by atoms with Crippen molar-refractivity contribution in [1.29, 1.82) is 5.26 Å². The molecule has 1 aromatic carbocycles. The maximum absolute atomic E-state index is 12.3. The van der Waals surface area contributed by atoms with Crippen LogP contribution in [0.25, 0.3) is 0 Å². The Balaban J connectivity index is 1.71. The van der Waals surface area contributed by atoms with Crippen molar-refractivity contribution in [3.05, 3.63) is 59.6 Å². The number of ether oxygens (including phenoxy) is 2. The standard InChI is InChI=1S/C27H34N4O3/c1-17-11-20(13-18(2)22(12-17)31-26(32)34-27(4,5)6)14-23-19(3)25(30-16-29-23)33-24-10-8-7-9-21(24)15-28/h7-10,16-17,20,22H,2,11-14H2,1,3-6H3,(H,31,32). The van der Waals surface area contributed by atoms with Crippen LogP contribution in [0.15, 0.2) is 42.7 Å². The van der Waals surface area contributed by atoms with Gasteiger partial charge in [0.05, 0.1) is 17.3 Å². The first-order chi connectivity index (χ1) is 16.1. The summed E-state index contributed by atoms with van der Waals surface area (Å²) in [6.45, 7) is 14.0. The predicted octanol–water partition coefficient (Wildman–Crippen LogP) is 5.88. The van der Waals surface area contributed by atoms with Crippen LogP contribution in [-0.2, 0) is 11.2 Å². The van der Waals surface area contributed by atoms with Gasteiger partial charge in [-0.15, -0.1) is 0 Å². The third kappa shape index (κ3) is 6.80. The molecule has 0 radical (unpaired) electrons. The van der Waals surface area contributed by atoms with Gasteiger partial charge >= 0.3 is 6.09 Å². The van der Waals surface area contributed by atoms with E-state index < -0.39 is 11.7 Å². The molecule has 2 aromatic rings. The predicted molar refractivity (Wildman–Crippen MR) is 131 cm³/mol. The molecule has 0 saturated heterocycles. The van der Waals surface area contributed by atoms with E-state index in [9.17, 15) is 10.1 Å². The first kappa shape index (κ1) is 25.2. The van der Waals surface area contributed by atoms with Gasteiger partial charge in [0.15, 0.2) is 0 Å². The van der Waals surface area contributed by atoms with E-state index in [0.29, 0.717) is 29.0 Å². The Morgan fingerprint density at radius 3 is 2.71 bits per heavy atom. The van der Waals surface area contributed by atoms with Crippen LogP contribution >= 0.6 is 0 Å². The third-order valence-electron chi connectivity index (χ3n) is 5.95. The number of rotatable bonds is 5. The zero-order valence-corrected chi connectivity index (χ0v) is 20.7. The van der Waals surface area contributed by atoms with Crippen molar-refractivity contribution in [2.45, 2.75) is 71.9 Å². The number of benzene rings is 1. The molecule has 1 aliphatic rings. The van der Waals surface area contributed by atoms with Crippen molar-refractivity contribution in [3.8, 4) is 17.7 Å². The fraction of sp³-hybridized carbons (Fsp3) is 0.481. The second-order valence-electron chi connectivity index (χ2n) is 10.2. The first-order valence-corrected chi connectivity index (χ1v) is 11.7. The number of nitriles is 1. The van der Waals surface area contributed by atoms with Crippen LogP contribution in [0.4, 0.5) is 4.79 Å². The highest BCUT2D eigenvalue weighted by molar-refractivity contribution is 5.68. The molecule has 3 rings (SSSR count). The monoisotopic (exact) mass is 462 g/mol. The Kier molecular flexibility index (Phi) is 7.93. The number of carbonyl (C=O) groups is 1. The molecule has 1 N–H and O–H groups in total. The number of amides is 1. The maximum atomic E-state index is 12.3. The Morgan fingerprint density at radius 2 is 2.00 bits per heavy atom. The smallest absolute Gasteiger partial charge is 0.408 e. The minimum atomic E-state index is -0.539. The van der Waals surface area contributed by atoms with Crippen molar-refractivity contribution < 1.29 is 14.3 Å². The number of carbonyl (C=O) groups excluding carboxylic acids is 1. The van der Waals surface area contributed by atoms with Crippen LogP contribution in [-0.4, -0.2) is 27.7 Å². The van der Waals surface area contributed by atoms with E-state index in [1.807, 2.05) is 33.8 Å². The lowest BCUT2D eigenvalue weighted by atomic mass is 9.89. The number of hydrogen-bond acceptors (Lipinski definition) is 6. The molecule has 1 heterocycles. The summed E-state index contributed by atoms with van der Waals surface area (Å²) in [6, 6.07) is 9.14. The van der Waals surface area contributed by atoms with Crippen molar-refractivity contribution in [3.63, 3.8) is 0 Å². The molecule has 7 heteroatoms. The number of aromatic nitrogens is 2. The molecule has 0 aliphatic heterocycles. The summed E-state index contributed by atoms with van der Waals surface area (Å²) in [5.41, 5.74) is 2.71. The van der Waals surface area contributed by atoms with Gasteiger partial charge < -0.3 is 14.8 Å². The van der Waals surface area contributed by atoms with Gasteiger partial charge in [0, 0.05) is 5.56 Å². The lowest BCUT2D eigenvalue weighted by molar-refractivity contribution is 0.0507. The van der Waals surface area contributed by atoms with Gasteiger partial charge in [0.2, 0.25) is 5.88 Å². The highest BCUT2D eigenvalue weighted by Gasteiger charge is 2.29. The maximum Gasteiger partial charge on any atom is 0.408 e. The van der Waals surface area contributed by atoms with Crippen LogP contribution in [0.2, 0.25) is 0 Å². The fourth-order valence-electron chi connectivity index (χ4n) is 4.40. The summed E-state index contributed by atoms with van der Waals surface area (Å²) in [4.78, 5) is 21.1. The van der Waals surface area contributed by atoms with Crippen molar-refractivity contribution in [1.82, 2.24) is 15.3 Å². The Bertz CT molecular complexity index is 1080. The summed E-state index contributed by atoms with van der Waals surface area (Å²) in [5, 5.41) is 12.3. The number of para-hydroxylation sites is 1. The Labute approximate surface area is 202 Å². The zero-order valence-electron chi connectivity index (χ0n) is 20.7. The van der Waals surface area contributed by atoms with Gasteiger partial charge in [-0.25, -0.2) is 14.8 Å². The topological polar surface area (TPSA) is 97.1 Å². The SMILES string of the molecule is C=C1CC(Cc2ncnc(Oc3ccccc3C#N)c2C)CC(C)CC1NC(=O)OC(C)(C)C. The zero-order chi connectivity index (χ0) is 24.9. The molecule has 1 saturated carbocycles. The summed E-state index contributed by atoms with van der Waals surface area (Å²) in [6.07, 6.45) is 4.48. The average molecular weight is 463 g/mol. The normalized spacial score (nSPS) is 20.7. The van der Waals surface area contributed by atoms with Gasteiger partial charge in [-0.1, -0.05) is 31.2 Å². The van der Waals surface area contributed by atoms with Gasteiger partial charge in [0.25, 0.3) is 0 Å². The van der Waals surface area contributed by atoms with E-state index in [-0.39, 0.29) is 6.04 Å². The summed E-state index contributed by atoms with van der Waals surface area (Å²) >= 11 is 0. The largest absolute Gasteiger partial charge is 0.444 e. The van der Waals surface area contributed by atoms with Crippen LogP contribution in [0.5, 0.6) is 11.6 Å². The molecule has 0 spiro atoms.